The number of nitrogens with zero attached hydrogens (tertiary/aromatic N) is 1. The van der Waals surface area contributed by atoms with E-state index in [1.807, 2.05) is 0 Å². The first-order valence-electron chi connectivity index (χ1n) is 7.45. The van der Waals surface area contributed by atoms with E-state index in [9.17, 15) is 14.9 Å². The molecule has 3 rings (SSSR count). The molecule has 0 saturated carbocycles. The third-order valence-corrected chi connectivity index (χ3v) is 3.85. The van der Waals surface area contributed by atoms with Crippen molar-refractivity contribution in [3.8, 4) is 0 Å². The standard InChI is InChI=1S/C19H13ClN2O3/c20-15-5-3-4-14(12-15)19(23)13-8-10-16(11-9-13)21-17-6-1-2-7-18(17)22(24)25/h1-12,21H. The zero-order valence-electron chi connectivity index (χ0n) is 13.0. The molecule has 0 bridgehead atoms. The van der Waals surface area contributed by atoms with Gasteiger partial charge < -0.3 is 5.32 Å². The summed E-state index contributed by atoms with van der Waals surface area (Å²) in [6.45, 7) is 0. The fraction of sp³-hybridized carbons (Fsp3) is 0. The number of halogens is 1. The molecule has 0 aromatic heterocycles. The van der Waals surface area contributed by atoms with Gasteiger partial charge in [0.15, 0.2) is 5.78 Å². The largest absolute Gasteiger partial charge is 0.350 e. The van der Waals surface area contributed by atoms with Crippen LogP contribution in [0.4, 0.5) is 17.1 Å². The van der Waals surface area contributed by atoms with Crippen molar-refractivity contribution in [3.05, 3.63) is 99.1 Å². The van der Waals surface area contributed by atoms with Gasteiger partial charge in [-0.1, -0.05) is 35.9 Å². The van der Waals surface area contributed by atoms with Crippen LogP contribution in [0.25, 0.3) is 0 Å². The maximum absolute atomic E-state index is 12.4. The zero-order valence-corrected chi connectivity index (χ0v) is 13.7. The number of nitrogens with one attached hydrogen (secondary N) is 1. The Morgan fingerprint density at radius 2 is 1.64 bits per heavy atom. The first-order chi connectivity index (χ1) is 12.0. The lowest BCUT2D eigenvalue weighted by Gasteiger charge is -2.08. The summed E-state index contributed by atoms with van der Waals surface area (Å²) in [4.78, 5) is 23.0. The number of ketones is 1. The Labute approximate surface area is 149 Å². The summed E-state index contributed by atoms with van der Waals surface area (Å²) in [6, 6.07) is 19.9. The molecule has 0 aliphatic heterocycles. The van der Waals surface area contributed by atoms with Crippen molar-refractivity contribution in [1.29, 1.82) is 0 Å². The van der Waals surface area contributed by atoms with Crippen LogP contribution in [0.3, 0.4) is 0 Å². The third-order valence-electron chi connectivity index (χ3n) is 3.61. The maximum atomic E-state index is 12.4. The Kier molecular flexibility index (Phi) is 4.77. The summed E-state index contributed by atoms with van der Waals surface area (Å²) in [6.07, 6.45) is 0. The molecule has 0 atom stereocenters. The van der Waals surface area contributed by atoms with E-state index < -0.39 is 4.92 Å². The number of para-hydroxylation sites is 2. The van der Waals surface area contributed by atoms with E-state index in [1.54, 1.807) is 66.7 Å². The highest BCUT2D eigenvalue weighted by atomic mass is 35.5. The number of anilines is 2. The second-order valence-electron chi connectivity index (χ2n) is 5.32. The van der Waals surface area contributed by atoms with Gasteiger partial charge in [0.05, 0.1) is 4.92 Å². The van der Waals surface area contributed by atoms with E-state index in [-0.39, 0.29) is 11.5 Å². The monoisotopic (exact) mass is 352 g/mol. The summed E-state index contributed by atoms with van der Waals surface area (Å²) in [5.41, 5.74) is 2.04. The number of benzene rings is 3. The van der Waals surface area contributed by atoms with Crippen molar-refractivity contribution in [3.63, 3.8) is 0 Å². The molecule has 0 heterocycles. The lowest BCUT2D eigenvalue weighted by Crippen LogP contribution is -2.01. The summed E-state index contributed by atoms with van der Waals surface area (Å²) < 4.78 is 0. The van der Waals surface area contributed by atoms with Crippen molar-refractivity contribution in [2.24, 2.45) is 0 Å². The number of carbonyl (C=O) groups is 1. The molecule has 124 valence electrons. The van der Waals surface area contributed by atoms with Crippen LogP contribution < -0.4 is 5.32 Å². The van der Waals surface area contributed by atoms with Crippen molar-refractivity contribution in [2.75, 3.05) is 5.32 Å². The van der Waals surface area contributed by atoms with E-state index >= 15 is 0 Å². The first-order valence-corrected chi connectivity index (χ1v) is 7.83. The fourth-order valence-electron chi connectivity index (χ4n) is 2.40. The van der Waals surface area contributed by atoms with Crippen molar-refractivity contribution in [1.82, 2.24) is 0 Å². The molecule has 0 unspecified atom stereocenters. The molecule has 0 radical (unpaired) electrons. The molecule has 5 nitrogen and oxygen atoms in total. The molecule has 0 aliphatic rings. The molecule has 25 heavy (non-hydrogen) atoms. The summed E-state index contributed by atoms with van der Waals surface area (Å²) >= 11 is 5.91. The highest BCUT2D eigenvalue weighted by molar-refractivity contribution is 6.31. The van der Waals surface area contributed by atoms with Crippen LogP contribution in [0.15, 0.2) is 72.8 Å². The van der Waals surface area contributed by atoms with Gasteiger partial charge in [-0.05, 0) is 42.5 Å². The molecule has 0 saturated heterocycles. The molecule has 3 aromatic rings. The van der Waals surface area contributed by atoms with E-state index in [0.717, 1.165) is 0 Å². The van der Waals surface area contributed by atoms with Gasteiger partial charge in [0.25, 0.3) is 5.69 Å². The minimum absolute atomic E-state index is 0.0124. The van der Waals surface area contributed by atoms with Gasteiger partial charge in [0, 0.05) is 27.9 Å². The Morgan fingerprint density at radius 3 is 2.32 bits per heavy atom. The van der Waals surface area contributed by atoms with Gasteiger partial charge >= 0.3 is 0 Å². The Bertz CT molecular complexity index is 939. The van der Waals surface area contributed by atoms with Gasteiger partial charge in [-0.25, -0.2) is 0 Å². The Balaban J connectivity index is 1.81. The fourth-order valence-corrected chi connectivity index (χ4v) is 2.59. The highest BCUT2D eigenvalue weighted by Gasteiger charge is 2.13. The van der Waals surface area contributed by atoms with Crippen LogP contribution in [0.5, 0.6) is 0 Å². The molecule has 0 amide bonds. The minimum Gasteiger partial charge on any atom is -0.350 e. The van der Waals surface area contributed by atoms with Crippen LogP contribution in [-0.4, -0.2) is 10.7 Å². The molecular formula is C19H13ClN2O3. The molecule has 6 heteroatoms. The van der Waals surface area contributed by atoms with Crippen LogP contribution in [0.2, 0.25) is 5.02 Å². The molecule has 0 aliphatic carbocycles. The lowest BCUT2D eigenvalue weighted by molar-refractivity contribution is -0.383. The third kappa shape index (κ3) is 3.84. The number of nitro groups is 1. The predicted molar refractivity (Wildman–Crippen MR) is 97.7 cm³/mol. The first kappa shape index (κ1) is 16.7. The average Bonchev–Trinajstić information content (AvgIpc) is 2.62. The summed E-state index contributed by atoms with van der Waals surface area (Å²) in [5, 5.41) is 14.5. The van der Waals surface area contributed by atoms with E-state index in [0.29, 0.717) is 27.5 Å². The summed E-state index contributed by atoms with van der Waals surface area (Å²) in [5.74, 6) is -0.139. The molecule has 1 N–H and O–H groups in total. The van der Waals surface area contributed by atoms with Crippen LogP contribution >= 0.6 is 11.6 Å². The molecular weight excluding hydrogens is 340 g/mol. The number of hydrogen-bond acceptors (Lipinski definition) is 4. The molecule has 3 aromatic carbocycles. The van der Waals surface area contributed by atoms with Crippen molar-refractivity contribution >= 4 is 34.4 Å². The van der Waals surface area contributed by atoms with Gasteiger partial charge in [0.1, 0.15) is 5.69 Å². The van der Waals surface area contributed by atoms with Gasteiger partial charge in [-0.15, -0.1) is 0 Å². The number of nitro benzene ring substituents is 1. The normalized spacial score (nSPS) is 10.3. The Morgan fingerprint density at radius 1 is 0.920 bits per heavy atom. The SMILES string of the molecule is O=C(c1ccc(Nc2ccccc2[N+](=O)[O-])cc1)c1cccc(Cl)c1. The molecule has 0 fully saturated rings. The second-order valence-corrected chi connectivity index (χ2v) is 5.75. The van der Waals surface area contributed by atoms with Gasteiger partial charge in [-0.3, -0.25) is 14.9 Å². The van der Waals surface area contributed by atoms with E-state index in [2.05, 4.69) is 5.32 Å². The highest BCUT2D eigenvalue weighted by Crippen LogP contribution is 2.27. The predicted octanol–water partition coefficient (Wildman–Crippen LogP) is 5.22. The van der Waals surface area contributed by atoms with E-state index in [4.69, 9.17) is 11.6 Å². The topological polar surface area (TPSA) is 72.2 Å². The summed E-state index contributed by atoms with van der Waals surface area (Å²) in [7, 11) is 0. The Hall–Kier alpha value is -3.18. The number of rotatable bonds is 5. The number of carbonyl (C=O) groups excluding carboxylic acids is 1. The zero-order chi connectivity index (χ0) is 17.8. The van der Waals surface area contributed by atoms with Crippen LogP contribution in [0, 0.1) is 10.1 Å². The average molecular weight is 353 g/mol. The maximum Gasteiger partial charge on any atom is 0.292 e. The smallest absolute Gasteiger partial charge is 0.292 e. The van der Waals surface area contributed by atoms with Crippen LogP contribution in [-0.2, 0) is 0 Å². The lowest BCUT2D eigenvalue weighted by atomic mass is 10.0. The van der Waals surface area contributed by atoms with Crippen LogP contribution in [0.1, 0.15) is 15.9 Å². The van der Waals surface area contributed by atoms with E-state index in [1.165, 1.54) is 6.07 Å². The minimum atomic E-state index is -0.445. The van der Waals surface area contributed by atoms with Crippen molar-refractivity contribution in [2.45, 2.75) is 0 Å². The van der Waals surface area contributed by atoms with Crippen molar-refractivity contribution < 1.29 is 9.72 Å². The quantitative estimate of drug-likeness (QED) is 0.388. The van der Waals surface area contributed by atoms with Gasteiger partial charge in [-0.2, -0.15) is 0 Å². The molecule has 0 spiro atoms. The second kappa shape index (κ2) is 7.15. The number of hydrogen-bond donors (Lipinski definition) is 1. The van der Waals surface area contributed by atoms with Gasteiger partial charge in [0.2, 0.25) is 0 Å².